The highest BCUT2D eigenvalue weighted by atomic mass is 32.2. The molecule has 0 heterocycles. The summed E-state index contributed by atoms with van der Waals surface area (Å²) in [6, 6.07) is 11.3. The van der Waals surface area contributed by atoms with Gasteiger partial charge >= 0.3 is 0 Å². The number of methoxy groups -OCH3 is 2. The van der Waals surface area contributed by atoms with E-state index in [0.717, 1.165) is 9.87 Å². The molecule has 0 spiro atoms. The van der Waals surface area contributed by atoms with Gasteiger partial charge in [-0.05, 0) is 35.9 Å². The van der Waals surface area contributed by atoms with Gasteiger partial charge in [0.25, 0.3) is 5.91 Å². The summed E-state index contributed by atoms with van der Waals surface area (Å²) in [5, 5.41) is 2.79. The zero-order valence-electron chi connectivity index (χ0n) is 15.1. The Hall–Kier alpha value is -2.58. The molecule has 140 valence electrons. The smallest absolute Gasteiger partial charge is 0.255 e. The van der Waals surface area contributed by atoms with Gasteiger partial charge < -0.3 is 14.8 Å². The second kappa shape index (κ2) is 8.20. The van der Waals surface area contributed by atoms with Gasteiger partial charge in [0.15, 0.2) is 0 Å². The van der Waals surface area contributed by atoms with E-state index in [1.807, 2.05) is 0 Å². The number of sulfonamides is 1. The predicted molar refractivity (Wildman–Crippen MR) is 98.0 cm³/mol. The highest BCUT2D eigenvalue weighted by Crippen LogP contribution is 2.24. The number of amides is 1. The van der Waals surface area contributed by atoms with Crippen molar-refractivity contribution >= 4 is 15.9 Å². The Balaban J connectivity index is 2.11. The van der Waals surface area contributed by atoms with Crippen LogP contribution in [-0.4, -0.2) is 46.9 Å². The molecule has 0 aliphatic heterocycles. The van der Waals surface area contributed by atoms with E-state index in [4.69, 9.17) is 9.47 Å². The fourth-order valence-corrected chi connectivity index (χ4v) is 3.16. The van der Waals surface area contributed by atoms with Crippen molar-refractivity contribution < 1.29 is 22.7 Å². The quantitative estimate of drug-likeness (QED) is 0.795. The monoisotopic (exact) mass is 378 g/mol. The molecule has 0 atom stereocenters. The summed E-state index contributed by atoms with van der Waals surface area (Å²) in [6.07, 6.45) is 0. The van der Waals surface area contributed by atoms with Crippen LogP contribution in [-0.2, 0) is 16.6 Å². The van der Waals surface area contributed by atoms with Crippen LogP contribution in [0.3, 0.4) is 0 Å². The molecule has 1 amide bonds. The topological polar surface area (TPSA) is 84.9 Å². The molecule has 0 saturated carbocycles. The second-order valence-corrected chi connectivity index (χ2v) is 7.83. The molecular formula is C18H22N2O5S. The Labute approximate surface area is 153 Å². The number of carbonyl (C=O) groups excluding carboxylic acids is 1. The maximum atomic E-state index is 12.4. The van der Waals surface area contributed by atoms with E-state index >= 15 is 0 Å². The average Bonchev–Trinajstić information content (AvgIpc) is 2.65. The van der Waals surface area contributed by atoms with E-state index in [1.165, 1.54) is 40.4 Å². The molecule has 7 nitrogen and oxygen atoms in total. The highest BCUT2D eigenvalue weighted by Gasteiger charge is 2.17. The molecule has 0 unspecified atom stereocenters. The van der Waals surface area contributed by atoms with Crippen LogP contribution in [0.15, 0.2) is 47.4 Å². The van der Waals surface area contributed by atoms with Crippen LogP contribution in [0.25, 0.3) is 0 Å². The molecule has 1 N–H and O–H groups in total. The number of nitrogens with zero attached hydrogens (tertiary/aromatic N) is 1. The molecule has 0 saturated heterocycles. The summed E-state index contributed by atoms with van der Waals surface area (Å²) in [5.74, 6) is 0.677. The first-order valence-corrected chi connectivity index (χ1v) is 9.25. The lowest BCUT2D eigenvalue weighted by Gasteiger charge is -2.13. The van der Waals surface area contributed by atoms with E-state index < -0.39 is 10.0 Å². The van der Waals surface area contributed by atoms with Gasteiger partial charge in [0.1, 0.15) is 11.5 Å². The summed E-state index contributed by atoms with van der Waals surface area (Å²) in [5.41, 5.74) is 1.14. The van der Waals surface area contributed by atoms with Crippen molar-refractivity contribution in [2.75, 3.05) is 28.3 Å². The fraction of sp³-hybridized carbons (Fsp3) is 0.278. The van der Waals surface area contributed by atoms with Crippen molar-refractivity contribution in [3.8, 4) is 11.5 Å². The van der Waals surface area contributed by atoms with Crippen LogP contribution in [0, 0.1) is 0 Å². The largest absolute Gasteiger partial charge is 0.497 e. The third kappa shape index (κ3) is 4.33. The van der Waals surface area contributed by atoms with Gasteiger partial charge in [-0.2, -0.15) is 0 Å². The molecule has 26 heavy (non-hydrogen) atoms. The molecule has 0 aliphatic rings. The van der Waals surface area contributed by atoms with Gasteiger partial charge in [-0.15, -0.1) is 0 Å². The normalized spacial score (nSPS) is 11.3. The van der Waals surface area contributed by atoms with Gasteiger partial charge in [0.05, 0.1) is 24.7 Å². The standard InChI is InChI=1S/C18H22N2O5S/c1-20(2)26(22,23)15-8-5-13(6-9-15)12-19-18(21)16-11-14(24-3)7-10-17(16)25-4/h5-11H,12H2,1-4H3,(H,19,21). The summed E-state index contributed by atoms with van der Waals surface area (Å²) in [6.45, 7) is 0.251. The molecule has 0 aromatic heterocycles. The number of hydrogen-bond donors (Lipinski definition) is 1. The van der Waals surface area contributed by atoms with Gasteiger partial charge in [-0.25, -0.2) is 12.7 Å². The number of hydrogen-bond acceptors (Lipinski definition) is 5. The number of carbonyl (C=O) groups is 1. The van der Waals surface area contributed by atoms with Crippen LogP contribution in [0.4, 0.5) is 0 Å². The average molecular weight is 378 g/mol. The van der Waals surface area contributed by atoms with E-state index in [1.54, 1.807) is 30.3 Å². The number of benzene rings is 2. The van der Waals surface area contributed by atoms with Crippen LogP contribution >= 0.6 is 0 Å². The van der Waals surface area contributed by atoms with Crippen LogP contribution in [0.1, 0.15) is 15.9 Å². The van der Waals surface area contributed by atoms with Gasteiger partial charge in [0.2, 0.25) is 10.0 Å². The minimum absolute atomic E-state index is 0.201. The highest BCUT2D eigenvalue weighted by molar-refractivity contribution is 7.89. The van der Waals surface area contributed by atoms with Crippen LogP contribution in [0.5, 0.6) is 11.5 Å². The Morgan fingerprint density at radius 2 is 1.69 bits per heavy atom. The zero-order chi connectivity index (χ0) is 19.3. The first-order valence-electron chi connectivity index (χ1n) is 7.81. The molecular weight excluding hydrogens is 356 g/mol. The maximum absolute atomic E-state index is 12.4. The molecule has 0 radical (unpaired) electrons. The Kier molecular flexibility index (Phi) is 6.23. The third-order valence-electron chi connectivity index (χ3n) is 3.81. The molecule has 0 aliphatic carbocycles. The minimum atomic E-state index is -3.47. The summed E-state index contributed by atoms with van der Waals surface area (Å²) >= 11 is 0. The summed E-state index contributed by atoms with van der Waals surface area (Å²) in [7, 11) is 2.49. The van der Waals surface area contributed by atoms with E-state index in [9.17, 15) is 13.2 Å². The third-order valence-corrected chi connectivity index (χ3v) is 5.64. The molecule has 2 aromatic carbocycles. The lowest BCUT2D eigenvalue weighted by atomic mass is 10.1. The predicted octanol–water partition coefficient (Wildman–Crippen LogP) is 1.88. The second-order valence-electron chi connectivity index (χ2n) is 5.68. The van der Waals surface area contributed by atoms with E-state index in [2.05, 4.69) is 5.32 Å². The van der Waals surface area contributed by atoms with Gasteiger partial charge in [0, 0.05) is 20.6 Å². The molecule has 0 fully saturated rings. The molecule has 0 bridgehead atoms. The number of rotatable bonds is 7. The molecule has 8 heteroatoms. The first kappa shape index (κ1) is 19.7. The lowest BCUT2D eigenvalue weighted by molar-refractivity contribution is 0.0947. The lowest BCUT2D eigenvalue weighted by Crippen LogP contribution is -2.24. The van der Waals surface area contributed by atoms with Crippen molar-refractivity contribution in [2.24, 2.45) is 0 Å². The van der Waals surface area contributed by atoms with Crippen LogP contribution < -0.4 is 14.8 Å². The molecule has 2 aromatic rings. The Bertz CT molecular complexity index is 877. The van der Waals surface area contributed by atoms with E-state index in [-0.39, 0.29) is 17.3 Å². The van der Waals surface area contributed by atoms with Crippen molar-refractivity contribution in [1.29, 1.82) is 0 Å². The summed E-state index contributed by atoms with van der Waals surface area (Å²) in [4.78, 5) is 12.6. The van der Waals surface area contributed by atoms with Crippen molar-refractivity contribution in [1.82, 2.24) is 9.62 Å². The minimum Gasteiger partial charge on any atom is -0.497 e. The zero-order valence-corrected chi connectivity index (χ0v) is 16.0. The van der Waals surface area contributed by atoms with Gasteiger partial charge in [-0.3, -0.25) is 4.79 Å². The van der Waals surface area contributed by atoms with Gasteiger partial charge in [-0.1, -0.05) is 12.1 Å². The Morgan fingerprint density at radius 1 is 1.04 bits per heavy atom. The molecule has 2 rings (SSSR count). The first-order chi connectivity index (χ1) is 12.3. The fourth-order valence-electron chi connectivity index (χ4n) is 2.26. The Morgan fingerprint density at radius 3 is 2.23 bits per heavy atom. The number of nitrogens with one attached hydrogen (secondary N) is 1. The van der Waals surface area contributed by atoms with E-state index in [0.29, 0.717) is 17.1 Å². The maximum Gasteiger partial charge on any atom is 0.255 e. The van der Waals surface area contributed by atoms with Crippen molar-refractivity contribution in [2.45, 2.75) is 11.4 Å². The van der Waals surface area contributed by atoms with Crippen LogP contribution in [0.2, 0.25) is 0 Å². The summed E-state index contributed by atoms with van der Waals surface area (Å²) < 4.78 is 35.6. The SMILES string of the molecule is COc1ccc(OC)c(C(=O)NCc2ccc(S(=O)(=O)N(C)C)cc2)c1. The van der Waals surface area contributed by atoms with Crippen molar-refractivity contribution in [3.05, 3.63) is 53.6 Å². The van der Waals surface area contributed by atoms with Crippen molar-refractivity contribution in [3.63, 3.8) is 0 Å². The number of ether oxygens (including phenoxy) is 2.